The number of hydrogen-bond donors (Lipinski definition) is 1. The number of carbonyl (C=O) groups is 2. The fourth-order valence-electron chi connectivity index (χ4n) is 3.22. The number of aromatic nitrogens is 1. The van der Waals surface area contributed by atoms with Crippen molar-refractivity contribution in [3.05, 3.63) is 58.0 Å². The number of pyridine rings is 1. The minimum atomic E-state index is -0.345. The molecule has 0 spiro atoms. The van der Waals surface area contributed by atoms with Gasteiger partial charge in [0.05, 0.1) is 12.7 Å². The molecule has 1 aromatic heterocycles. The van der Waals surface area contributed by atoms with Crippen LogP contribution in [0.1, 0.15) is 49.0 Å². The van der Waals surface area contributed by atoms with Gasteiger partial charge in [-0.2, -0.15) is 0 Å². The topological polar surface area (TPSA) is 80.6 Å². The zero-order valence-electron chi connectivity index (χ0n) is 18.2. The molecule has 2 aromatic rings. The summed E-state index contributed by atoms with van der Waals surface area (Å²) in [6, 6.07) is 8.97. The summed E-state index contributed by atoms with van der Waals surface area (Å²) in [5.41, 5.74) is 1.17. The van der Waals surface area contributed by atoms with Crippen molar-refractivity contribution in [3.63, 3.8) is 0 Å². The van der Waals surface area contributed by atoms with E-state index in [-0.39, 0.29) is 29.5 Å². The van der Waals surface area contributed by atoms with E-state index < -0.39 is 0 Å². The second-order valence-corrected chi connectivity index (χ2v) is 7.25. The molecule has 7 nitrogen and oxygen atoms in total. The summed E-state index contributed by atoms with van der Waals surface area (Å²) in [7, 11) is 3.18. The molecule has 7 heteroatoms. The van der Waals surface area contributed by atoms with Crippen LogP contribution in [0.4, 0.5) is 5.69 Å². The molecule has 0 unspecified atom stereocenters. The molecule has 1 N–H and O–H groups in total. The van der Waals surface area contributed by atoms with Crippen LogP contribution in [0, 0.1) is 0 Å². The number of hydrogen-bond acceptors (Lipinski definition) is 4. The smallest absolute Gasteiger partial charge is 0.274 e. The van der Waals surface area contributed by atoms with Gasteiger partial charge in [0.1, 0.15) is 11.4 Å². The van der Waals surface area contributed by atoms with Crippen molar-refractivity contribution in [1.82, 2.24) is 9.47 Å². The summed E-state index contributed by atoms with van der Waals surface area (Å²) in [5, 5.41) is 2.67. The minimum absolute atomic E-state index is 0.121. The van der Waals surface area contributed by atoms with Crippen LogP contribution < -0.4 is 15.6 Å². The van der Waals surface area contributed by atoms with E-state index in [9.17, 15) is 14.4 Å². The molecule has 1 heterocycles. The van der Waals surface area contributed by atoms with E-state index in [0.29, 0.717) is 25.1 Å². The monoisotopic (exact) mass is 413 g/mol. The minimum Gasteiger partial charge on any atom is -0.497 e. The first-order chi connectivity index (χ1) is 14.4. The average molecular weight is 414 g/mol. The van der Waals surface area contributed by atoms with E-state index >= 15 is 0 Å². The van der Waals surface area contributed by atoms with Gasteiger partial charge in [-0.15, -0.1) is 0 Å². The van der Waals surface area contributed by atoms with Crippen molar-refractivity contribution < 1.29 is 14.3 Å². The van der Waals surface area contributed by atoms with E-state index in [4.69, 9.17) is 4.74 Å². The molecule has 0 saturated heterocycles. The Morgan fingerprint density at radius 3 is 2.30 bits per heavy atom. The highest BCUT2D eigenvalue weighted by Gasteiger charge is 2.18. The van der Waals surface area contributed by atoms with Crippen molar-refractivity contribution in [2.75, 3.05) is 25.5 Å². The van der Waals surface area contributed by atoms with Gasteiger partial charge in [0.15, 0.2) is 0 Å². The highest BCUT2D eigenvalue weighted by Crippen LogP contribution is 2.14. The van der Waals surface area contributed by atoms with E-state index in [1.807, 2.05) is 38.1 Å². The van der Waals surface area contributed by atoms with Crippen LogP contribution in [-0.2, 0) is 18.3 Å². The molecule has 0 radical (unpaired) electrons. The molecule has 0 aliphatic heterocycles. The van der Waals surface area contributed by atoms with Gasteiger partial charge in [-0.1, -0.05) is 26.0 Å². The molecule has 0 aliphatic rings. The lowest BCUT2D eigenvalue weighted by molar-refractivity contribution is -0.116. The predicted octanol–water partition coefficient (Wildman–Crippen LogP) is 3.23. The van der Waals surface area contributed by atoms with Gasteiger partial charge in [0.25, 0.3) is 11.5 Å². The zero-order chi connectivity index (χ0) is 22.1. The van der Waals surface area contributed by atoms with Crippen LogP contribution in [0.25, 0.3) is 0 Å². The van der Waals surface area contributed by atoms with Crippen molar-refractivity contribution in [2.24, 2.45) is 7.05 Å². The number of ether oxygens (including phenoxy) is 1. The Hall–Kier alpha value is -3.09. The van der Waals surface area contributed by atoms with Gasteiger partial charge in [-0.05, 0) is 43.0 Å². The third kappa shape index (κ3) is 6.20. The van der Waals surface area contributed by atoms with E-state index in [1.165, 1.54) is 16.8 Å². The van der Waals surface area contributed by atoms with Gasteiger partial charge in [-0.3, -0.25) is 14.4 Å². The highest BCUT2D eigenvalue weighted by atomic mass is 16.5. The van der Waals surface area contributed by atoms with E-state index in [1.54, 1.807) is 19.1 Å². The van der Waals surface area contributed by atoms with Crippen molar-refractivity contribution >= 4 is 17.5 Å². The van der Waals surface area contributed by atoms with Crippen LogP contribution in [0.15, 0.2) is 41.3 Å². The summed E-state index contributed by atoms with van der Waals surface area (Å²) in [6.45, 7) is 5.34. The average Bonchev–Trinajstić information content (AvgIpc) is 2.75. The number of rotatable bonds is 10. The summed E-state index contributed by atoms with van der Waals surface area (Å²) < 4.78 is 6.46. The number of nitrogens with zero attached hydrogens (tertiary/aromatic N) is 2. The SMILES string of the molecule is CCCN(CCC)C(=O)c1cc(NC(=O)CCc2ccc(OC)cc2)c(=O)n(C)c1. The van der Waals surface area contributed by atoms with Gasteiger partial charge in [-0.25, -0.2) is 0 Å². The number of nitrogens with one attached hydrogen (secondary N) is 1. The number of amides is 2. The van der Waals surface area contributed by atoms with Gasteiger partial charge in [0, 0.05) is 32.8 Å². The van der Waals surface area contributed by atoms with Crippen LogP contribution in [-0.4, -0.2) is 41.5 Å². The fourth-order valence-corrected chi connectivity index (χ4v) is 3.22. The third-order valence-corrected chi connectivity index (χ3v) is 4.78. The normalized spacial score (nSPS) is 10.5. The maximum absolute atomic E-state index is 12.9. The molecule has 0 saturated carbocycles. The standard InChI is InChI=1S/C23H31N3O4/c1-5-13-26(14-6-2)22(28)18-15-20(23(29)25(3)16-18)24-21(27)12-9-17-7-10-19(30-4)11-8-17/h7-8,10-11,15-16H,5-6,9,12-14H2,1-4H3,(H,24,27). The largest absolute Gasteiger partial charge is 0.497 e. The zero-order valence-corrected chi connectivity index (χ0v) is 18.2. The van der Waals surface area contributed by atoms with Crippen LogP contribution in [0.2, 0.25) is 0 Å². The van der Waals surface area contributed by atoms with Crippen molar-refractivity contribution in [3.8, 4) is 5.75 Å². The van der Waals surface area contributed by atoms with Gasteiger partial charge >= 0.3 is 0 Å². The first kappa shape index (κ1) is 23.2. The molecule has 2 amide bonds. The Morgan fingerprint density at radius 1 is 1.10 bits per heavy atom. The summed E-state index contributed by atoms with van der Waals surface area (Å²) in [6.07, 6.45) is 4.00. The van der Waals surface area contributed by atoms with E-state index in [0.717, 1.165) is 24.2 Å². The molecular formula is C23H31N3O4. The molecule has 30 heavy (non-hydrogen) atoms. The molecule has 0 atom stereocenters. The first-order valence-corrected chi connectivity index (χ1v) is 10.3. The third-order valence-electron chi connectivity index (χ3n) is 4.78. The fraction of sp³-hybridized carbons (Fsp3) is 0.435. The lowest BCUT2D eigenvalue weighted by atomic mass is 10.1. The molecule has 0 bridgehead atoms. The van der Waals surface area contributed by atoms with Crippen LogP contribution in [0.3, 0.4) is 0 Å². The number of benzene rings is 1. The highest BCUT2D eigenvalue weighted by molar-refractivity contribution is 5.96. The lowest BCUT2D eigenvalue weighted by Gasteiger charge is -2.22. The van der Waals surface area contributed by atoms with E-state index in [2.05, 4.69) is 5.32 Å². The second-order valence-electron chi connectivity index (χ2n) is 7.25. The molecule has 2 rings (SSSR count). The maximum Gasteiger partial charge on any atom is 0.274 e. The number of carbonyl (C=O) groups excluding carboxylic acids is 2. The Kier molecular flexibility index (Phi) is 8.65. The summed E-state index contributed by atoms with van der Waals surface area (Å²) >= 11 is 0. The molecule has 0 aliphatic carbocycles. The number of aryl methyl sites for hydroxylation is 2. The van der Waals surface area contributed by atoms with Crippen LogP contribution >= 0.6 is 0 Å². The number of methoxy groups -OCH3 is 1. The van der Waals surface area contributed by atoms with Crippen molar-refractivity contribution in [2.45, 2.75) is 39.5 Å². The van der Waals surface area contributed by atoms with Crippen molar-refractivity contribution in [1.29, 1.82) is 0 Å². The Bertz CT molecular complexity index is 913. The summed E-state index contributed by atoms with van der Waals surface area (Å²) in [5.74, 6) is 0.350. The molecule has 0 fully saturated rings. The number of anilines is 1. The maximum atomic E-state index is 12.9. The Balaban J connectivity index is 2.11. The predicted molar refractivity (Wildman–Crippen MR) is 118 cm³/mol. The van der Waals surface area contributed by atoms with Gasteiger partial charge in [0.2, 0.25) is 5.91 Å². The van der Waals surface area contributed by atoms with Crippen LogP contribution in [0.5, 0.6) is 5.75 Å². The Labute approximate surface area is 177 Å². The second kappa shape index (κ2) is 11.2. The van der Waals surface area contributed by atoms with Gasteiger partial charge < -0.3 is 19.5 Å². The lowest BCUT2D eigenvalue weighted by Crippen LogP contribution is -2.34. The molecular weight excluding hydrogens is 382 g/mol. The summed E-state index contributed by atoms with van der Waals surface area (Å²) in [4.78, 5) is 39.5. The molecule has 1 aromatic carbocycles. The molecule has 162 valence electrons. The quantitative estimate of drug-likeness (QED) is 0.648. The Morgan fingerprint density at radius 2 is 1.73 bits per heavy atom. The first-order valence-electron chi connectivity index (χ1n) is 10.3.